The van der Waals surface area contributed by atoms with Gasteiger partial charge in [0.15, 0.2) is 0 Å². The van der Waals surface area contributed by atoms with Crippen molar-refractivity contribution in [2.24, 2.45) is 11.8 Å². The van der Waals surface area contributed by atoms with Crippen LogP contribution in [0, 0.1) is 11.8 Å². The number of rotatable bonds is 1. The van der Waals surface area contributed by atoms with E-state index in [1.807, 2.05) is 7.11 Å². The monoisotopic (exact) mass is 142 g/mol. The Morgan fingerprint density at radius 3 is 1.90 bits per heavy atom. The van der Waals surface area contributed by atoms with Gasteiger partial charge in [0.2, 0.25) is 0 Å². The van der Waals surface area contributed by atoms with E-state index in [-0.39, 0.29) is 0 Å². The normalized spacial score (nSPS) is 41.7. The molecule has 10 heavy (non-hydrogen) atoms. The first kappa shape index (κ1) is 8.06. The molecule has 1 aliphatic carbocycles. The second-order valence-corrected chi connectivity index (χ2v) is 3.78. The molecule has 0 aromatic heterocycles. The molecule has 0 N–H and O–H groups in total. The summed E-state index contributed by atoms with van der Waals surface area (Å²) < 4.78 is 5.33. The third-order valence-corrected chi connectivity index (χ3v) is 2.47. The van der Waals surface area contributed by atoms with Gasteiger partial charge in [0.05, 0.1) is 6.10 Å². The van der Waals surface area contributed by atoms with Crippen molar-refractivity contribution in [1.29, 1.82) is 0 Å². The fourth-order valence-electron chi connectivity index (χ4n) is 2.07. The minimum Gasteiger partial charge on any atom is -0.381 e. The van der Waals surface area contributed by atoms with Crippen molar-refractivity contribution in [2.45, 2.75) is 39.2 Å². The molecular weight excluding hydrogens is 124 g/mol. The van der Waals surface area contributed by atoms with E-state index in [2.05, 4.69) is 13.8 Å². The molecule has 1 unspecified atom stereocenters. The van der Waals surface area contributed by atoms with Crippen LogP contribution in [0.15, 0.2) is 0 Å². The molecule has 0 saturated heterocycles. The summed E-state index contributed by atoms with van der Waals surface area (Å²) in [6.07, 6.45) is 4.46. The molecule has 0 spiro atoms. The zero-order chi connectivity index (χ0) is 7.56. The molecule has 1 heteroatoms. The molecular formula is C9H18O. The van der Waals surface area contributed by atoms with Gasteiger partial charge in [-0.3, -0.25) is 0 Å². The summed E-state index contributed by atoms with van der Waals surface area (Å²) in [6.45, 7) is 4.64. The van der Waals surface area contributed by atoms with Gasteiger partial charge in [0.25, 0.3) is 0 Å². The number of hydrogen-bond acceptors (Lipinski definition) is 1. The third kappa shape index (κ3) is 1.98. The molecule has 1 nitrogen and oxygen atoms in total. The van der Waals surface area contributed by atoms with Gasteiger partial charge in [-0.05, 0) is 31.1 Å². The second-order valence-electron chi connectivity index (χ2n) is 3.78. The summed E-state index contributed by atoms with van der Waals surface area (Å²) in [5.41, 5.74) is 0. The average Bonchev–Trinajstić information content (AvgIpc) is 1.85. The molecule has 0 amide bonds. The molecule has 0 aliphatic heterocycles. The van der Waals surface area contributed by atoms with E-state index < -0.39 is 0 Å². The van der Waals surface area contributed by atoms with Crippen LogP contribution in [0.25, 0.3) is 0 Å². The highest BCUT2D eigenvalue weighted by Gasteiger charge is 2.22. The molecule has 1 aliphatic rings. The predicted octanol–water partition coefficient (Wildman–Crippen LogP) is 2.46. The van der Waals surface area contributed by atoms with Crippen LogP contribution in [0.3, 0.4) is 0 Å². The van der Waals surface area contributed by atoms with Gasteiger partial charge in [-0.2, -0.15) is 0 Å². The van der Waals surface area contributed by atoms with Gasteiger partial charge in [-0.15, -0.1) is 0 Å². The summed E-state index contributed by atoms with van der Waals surface area (Å²) in [5, 5.41) is 0. The molecule has 60 valence electrons. The highest BCUT2D eigenvalue weighted by Crippen LogP contribution is 2.29. The summed E-state index contributed by atoms with van der Waals surface area (Å²) in [7, 11) is 1.83. The van der Waals surface area contributed by atoms with Gasteiger partial charge in [0.1, 0.15) is 0 Å². The third-order valence-electron chi connectivity index (χ3n) is 2.47. The molecule has 1 rings (SSSR count). The lowest BCUT2D eigenvalue weighted by molar-refractivity contribution is 0.0355. The quantitative estimate of drug-likeness (QED) is 0.546. The molecule has 3 atom stereocenters. The Labute approximate surface area is 63.8 Å². The Kier molecular flexibility index (Phi) is 2.72. The molecule has 0 bridgehead atoms. The van der Waals surface area contributed by atoms with Gasteiger partial charge in [-0.1, -0.05) is 13.8 Å². The maximum absolute atomic E-state index is 5.33. The van der Waals surface area contributed by atoms with Crippen molar-refractivity contribution in [3.05, 3.63) is 0 Å². The highest BCUT2D eigenvalue weighted by atomic mass is 16.5. The summed E-state index contributed by atoms with van der Waals surface area (Å²) >= 11 is 0. The number of hydrogen-bond donors (Lipinski definition) is 0. The van der Waals surface area contributed by atoms with Crippen LogP contribution < -0.4 is 0 Å². The van der Waals surface area contributed by atoms with E-state index in [9.17, 15) is 0 Å². The van der Waals surface area contributed by atoms with Gasteiger partial charge in [0, 0.05) is 7.11 Å². The van der Waals surface area contributed by atoms with Crippen molar-refractivity contribution < 1.29 is 4.74 Å². The largest absolute Gasteiger partial charge is 0.381 e. The van der Waals surface area contributed by atoms with Crippen molar-refractivity contribution >= 4 is 0 Å². The summed E-state index contributed by atoms with van der Waals surface area (Å²) in [4.78, 5) is 0. The summed E-state index contributed by atoms with van der Waals surface area (Å²) in [6, 6.07) is 0. The van der Waals surface area contributed by atoms with Crippen LogP contribution in [0.5, 0.6) is 0 Å². The van der Waals surface area contributed by atoms with Crippen LogP contribution in [0.2, 0.25) is 0 Å². The average molecular weight is 142 g/mol. The predicted molar refractivity (Wildman–Crippen MR) is 43.0 cm³/mol. The zero-order valence-corrected chi connectivity index (χ0v) is 7.26. The van der Waals surface area contributed by atoms with E-state index in [0.717, 1.165) is 11.8 Å². The topological polar surface area (TPSA) is 9.23 Å². The SMILES string of the molecule is COC1C[C@@H](C)C[C@@H](C)C1. The lowest BCUT2D eigenvalue weighted by Gasteiger charge is -2.30. The maximum atomic E-state index is 5.33. The van der Waals surface area contributed by atoms with Crippen LogP contribution in [0.4, 0.5) is 0 Å². The smallest absolute Gasteiger partial charge is 0.0576 e. The molecule has 0 aromatic rings. The summed E-state index contributed by atoms with van der Waals surface area (Å²) in [5.74, 6) is 1.74. The van der Waals surface area contributed by atoms with E-state index in [0.29, 0.717) is 6.10 Å². The zero-order valence-electron chi connectivity index (χ0n) is 7.26. The van der Waals surface area contributed by atoms with Crippen molar-refractivity contribution in [2.75, 3.05) is 7.11 Å². The molecule has 1 saturated carbocycles. The Morgan fingerprint density at radius 2 is 1.50 bits per heavy atom. The highest BCUT2D eigenvalue weighted by molar-refractivity contribution is 4.74. The first-order chi connectivity index (χ1) is 4.72. The van der Waals surface area contributed by atoms with E-state index in [4.69, 9.17) is 4.74 Å². The van der Waals surface area contributed by atoms with Gasteiger partial charge in [-0.25, -0.2) is 0 Å². The van der Waals surface area contributed by atoms with E-state index in [1.54, 1.807) is 0 Å². The fourth-order valence-corrected chi connectivity index (χ4v) is 2.07. The van der Waals surface area contributed by atoms with Crippen molar-refractivity contribution in [3.63, 3.8) is 0 Å². The minimum absolute atomic E-state index is 0.541. The van der Waals surface area contributed by atoms with Crippen molar-refractivity contribution in [3.8, 4) is 0 Å². The number of methoxy groups -OCH3 is 1. The lowest BCUT2D eigenvalue weighted by atomic mass is 9.82. The van der Waals surface area contributed by atoms with Crippen molar-refractivity contribution in [1.82, 2.24) is 0 Å². The molecule has 1 fully saturated rings. The minimum atomic E-state index is 0.541. The molecule has 0 radical (unpaired) electrons. The van der Waals surface area contributed by atoms with E-state index >= 15 is 0 Å². The second kappa shape index (κ2) is 3.38. The first-order valence-corrected chi connectivity index (χ1v) is 4.25. The Hall–Kier alpha value is -0.0400. The standard InChI is InChI=1S/C9H18O/c1-7-4-8(2)6-9(5-7)10-3/h7-9H,4-6H2,1-3H3/t7-,8+,9?. The van der Waals surface area contributed by atoms with Crippen LogP contribution >= 0.6 is 0 Å². The Morgan fingerprint density at radius 1 is 1.00 bits per heavy atom. The van der Waals surface area contributed by atoms with Crippen LogP contribution in [0.1, 0.15) is 33.1 Å². The van der Waals surface area contributed by atoms with E-state index in [1.165, 1.54) is 19.3 Å². The maximum Gasteiger partial charge on any atom is 0.0576 e. The van der Waals surface area contributed by atoms with Crippen LogP contribution in [-0.4, -0.2) is 13.2 Å². The number of ether oxygens (including phenoxy) is 1. The molecule has 0 aromatic carbocycles. The molecule has 0 heterocycles. The Bertz CT molecular complexity index is 90.9. The lowest BCUT2D eigenvalue weighted by Crippen LogP contribution is -2.24. The van der Waals surface area contributed by atoms with Crippen LogP contribution in [-0.2, 0) is 4.74 Å². The van der Waals surface area contributed by atoms with Gasteiger partial charge < -0.3 is 4.74 Å². The Balaban J connectivity index is 2.35. The first-order valence-electron chi connectivity index (χ1n) is 4.25. The van der Waals surface area contributed by atoms with Gasteiger partial charge >= 0.3 is 0 Å². The fraction of sp³-hybridized carbons (Fsp3) is 1.00.